The summed E-state index contributed by atoms with van der Waals surface area (Å²) in [6, 6.07) is 19.4. The van der Waals surface area contributed by atoms with E-state index in [4.69, 9.17) is 5.73 Å². The lowest BCUT2D eigenvalue weighted by Crippen LogP contribution is -2.27. The number of likely N-dealkylation sites (tertiary alicyclic amines) is 1. The van der Waals surface area contributed by atoms with Gasteiger partial charge in [0.15, 0.2) is 11.3 Å². The standard InChI is InChI=1S/C26H26N6O2/c27-24(33)23-25-30-21(18-8-2-1-3-9-18)14-22(32(25)17-29-23)26(34)28-15-19-10-4-5-11-20(19)16-31-12-6-7-13-31/h1-5,8-11,14,17H,6-7,12-13,15-16H2,(H2,27,33)(H,28,34). The molecule has 2 aromatic heterocycles. The van der Waals surface area contributed by atoms with E-state index in [1.54, 1.807) is 6.07 Å². The molecular formula is C26H26N6O2. The summed E-state index contributed by atoms with van der Waals surface area (Å²) in [5.41, 5.74) is 9.81. The Morgan fingerprint density at radius 1 is 0.971 bits per heavy atom. The van der Waals surface area contributed by atoms with Gasteiger partial charge in [-0.15, -0.1) is 0 Å². The van der Waals surface area contributed by atoms with E-state index in [-0.39, 0.29) is 17.2 Å². The topological polar surface area (TPSA) is 106 Å². The molecule has 0 atom stereocenters. The van der Waals surface area contributed by atoms with Gasteiger partial charge in [-0.2, -0.15) is 0 Å². The highest BCUT2D eigenvalue weighted by atomic mass is 16.2. The van der Waals surface area contributed by atoms with Crippen molar-refractivity contribution in [1.82, 2.24) is 24.6 Å². The number of nitrogens with one attached hydrogen (secondary N) is 1. The highest BCUT2D eigenvalue weighted by Gasteiger charge is 2.20. The molecule has 0 bridgehead atoms. The summed E-state index contributed by atoms with van der Waals surface area (Å²) in [5, 5.41) is 3.04. The highest BCUT2D eigenvalue weighted by molar-refractivity contribution is 5.99. The molecule has 4 aromatic rings. The Kier molecular flexibility index (Phi) is 6.05. The molecule has 2 aromatic carbocycles. The fourth-order valence-electron chi connectivity index (χ4n) is 4.41. The molecule has 0 saturated carbocycles. The minimum absolute atomic E-state index is 0.0304. The Morgan fingerprint density at radius 2 is 1.68 bits per heavy atom. The van der Waals surface area contributed by atoms with E-state index in [2.05, 4.69) is 26.3 Å². The average molecular weight is 455 g/mol. The van der Waals surface area contributed by atoms with Crippen molar-refractivity contribution >= 4 is 17.5 Å². The van der Waals surface area contributed by atoms with E-state index in [0.29, 0.717) is 17.9 Å². The van der Waals surface area contributed by atoms with Crippen molar-refractivity contribution in [3.05, 3.63) is 89.5 Å². The van der Waals surface area contributed by atoms with Gasteiger partial charge in [-0.25, -0.2) is 9.97 Å². The number of nitrogens with two attached hydrogens (primary N) is 1. The Hall–Kier alpha value is -4.04. The van der Waals surface area contributed by atoms with Crippen LogP contribution in [0.2, 0.25) is 0 Å². The summed E-state index contributed by atoms with van der Waals surface area (Å²) >= 11 is 0. The quantitative estimate of drug-likeness (QED) is 0.447. The van der Waals surface area contributed by atoms with Gasteiger partial charge in [0.1, 0.15) is 12.0 Å². The first-order valence-corrected chi connectivity index (χ1v) is 11.4. The number of fused-ring (bicyclic) bond motifs is 1. The minimum Gasteiger partial charge on any atom is -0.364 e. The van der Waals surface area contributed by atoms with E-state index in [1.807, 2.05) is 48.5 Å². The molecule has 0 unspecified atom stereocenters. The molecule has 3 N–H and O–H groups in total. The molecule has 2 amide bonds. The van der Waals surface area contributed by atoms with Gasteiger partial charge in [0.05, 0.1) is 5.69 Å². The minimum atomic E-state index is -0.692. The van der Waals surface area contributed by atoms with Crippen LogP contribution in [-0.4, -0.2) is 44.2 Å². The van der Waals surface area contributed by atoms with Crippen molar-refractivity contribution in [3.8, 4) is 11.3 Å². The molecule has 0 spiro atoms. The average Bonchev–Trinajstić information content (AvgIpc) is 3.53. The van der Waals surface area contributed by atoms with Gasteiger partial charge in [0.25, 0.3) is 11.8 Å². The number of imidazole rings is 1. The van der Waals surface area contributed by atoms with Crippen LogP contribution in [0.5, 0.6) is 0 Å². The normalized spacial score (nSPS) is 13.9. The molecule has 8 heteroatoms. The maximum Gasteiger partial charge on any atom is 0.271 e. The van der Waals surface area contributed by atoms with Crippen molar-refractivity contribution in [2.24, 2.45) is 5.73 Å². The lowest BCUT2D eigenvalue weighted by atomic mass is 10.1. The van der Waals surface area contributed by atoms with Crippen LogP contribution < -0.4 is 11.1 Å². The predicted molar refractivity (Wildman–Crippen MR) is 129 cm³/mol. The van der Waals surface area contributed by atoms with Crippen molar-refractivity contribution in [1.29, 1.82) is 0 Å². The van der Waals surface area contributed by atoms with Crippen molar-refractivity contribution < 1.29 is 9.59 Å². The van der Waals surface area contributed by atoms with Crippen molar-refractivity contribution in [2.75, 3.05) is 13.1 Å². The second-order valence-electron chi connectivity index (χ2n) is 8.48. The molecule has 172 valence electrons. The Bertz CT molecular complexity index is 1340. The number of rotatable bonds is 7. The number of benzene rings is 2. The first-order valence-electron chi connectivity index (χ1n) is 11.4. The third-order valence-electron chi connectivity index (χ3n) is 6.19. The van der Waals surface area contributed by atoms with Crippen LogP contribution in [0.4, 0.5) is 0 Å². The fourth-order valence-corrected chi connectivity index (χ4v) is 4.41. The number of amides is 2. The molecule has 8 nitrogen and oxygen atoms in total. The van der Waals surface area contributed by atoms with Crippen LogP contribution in [0, 0.1) is 0 Å². The van der Waals surface area contributed by atoms with Crippen molar-refractivity contribution in [3.63, 3.8) is 0 Å². The zero-order valence-electron chi connectivity index (χ0n) is 18.8. The summed E-state index contributed by atoms with van der Waals surface area (Å²) in [6.07, 6.45) is 3.88. The molecule has 5 rings (SSSR count). The summed E-state index contributed by atoms with van der Waals surface area (Å²) in [7, 11) is 0. The number of primary amides is 1. The molecule has 1 fully saturated rings. The third-order valence-corrected chi connectivity index (χ3v) is 6.19. The van der Waals surface area contributed by atoms with Gasteiger partial charge in [-0.3, -0.25) is 18.9 Å². The first kappa shape index (κ1) is 21.8. The van der Waals surface area contributed by atoms with Crippen LogP contribution in [0.3, 0.4) is 0 Å². The Labute approximate surface area is 197 Å². The molecule has 1 saturated heterocycles. The lowest BCUT2D eigenvalue weighted by molar-refractivity contribution is 0.0942. The van der Waals surface area contributed by atoms with E-state index in [0.717, 1.165) is 30.8 Å². The van der Waals surface area contributed by atoms with E-state index >= 15 is 0 Å². The van der Waals surface area contributed by atoms with Crippen LogP contribution in [-0.2, 0) is 13.1 Å². The number of carbonyl (C=O) groups excluding carboxylic acids is 2. The Balaban J connectivity index is 1.45. The zero-order valence-corrected chi connectivity index (χ0v) is 18.8. The molecule has 34 heavy (non-hydrogen) atoms. The number of aromatic nitrogens is 3. The maximum absolute atomic E-state index is 13.3. The summed E-state index contributed by atoms with van der Waals surface area (Å²) < 4.78 is 1.51. The van der Waals surface area contributed by atoms with Gasteiger partial charge in [0, 0.05) is 18.7 Å². The maximum atomic E-state index is 13.3. The fraction of sp³-hybridized carbons (Fsp3) is 0.231. The SMILES string of the molecule is NC(=O)c1ncn2c(C(=O)NCc3ccccc3CN3CCCC3)cc(-c3ccccc3)nc12. The van der Waals surface area contributed by atoms with Crippen LogP contribution in [0.1, 0.15) is 44.9 Å². The van der Waals surface area contributed by atoms with Crippen molar-refractivity contribution in [2.45, 2.75) is 25.9 Å². The number of hydrogen-bond donors (Lipinski definition) is 2. The summed E-state index contributed by atoms with van der Waals surface area (Å²) in [4.78, 5) is 36.4. The Morgan fingerprint density at radius 3 is 2.41 bits per heavy atom. The third kappa shape index (κ3) is 4.40. The number of carbonyl (C=O) groups is 2. The van der Waals surface area contributed by atoms with Gasteiger partial charge in [-0.1, -0.05) is 54.6 Å². The van der Waals surface area contributed by atoms with Gasteiger partial charge >= 0.3 is 0 Å². The smallest absolute Gasteiger partial charge is 0.271 e. The predicted octanol–water partition coefficient (Wildman–Crippen LogP) is 3.02. The van der Waals surface area contributed by atoms with Gasteiger partial charge in [0.2, 0.25) is 0 Å². The lowest BCUT2D eigenvalue weighted by Gasteiger charge is -2.18. The van der Waals surface area contributed by atoms with E-state index < -0.39 is 5.91 Å². The van der Waals surface area contributed by atoms with Crippen LogP contribution in [0.25, 0.3) is 16.9 Å². The molecule has 0 radical (unpaired) electrons. The second kappa shape index (κ2) is 9.44. The summed E-state index contributed by atoms with van der Waals surface area (Å²) in [6.45, 7) is 3.50. The molecule has 3 heterocycles. The monoisotopic (exact) mass is 454 g/mol. The van der Waals surface area contributed by atoms with Gasteiger partial charge < -0.3 is 11.1 Å². The highest BCUT2D eigenvalue weighted by Crippen LogP contribution is 2.22. The van der Waals surface area contributed by atoms with E-state index in [1.165, 1.54) is 29.1 Å². The molecule has 0 aliphatic carbocycles. The summed E-state index contributed by atoms with van der Waals surface area (Å²) in [5.74, 6) is -0.976. The first-order chi connectivity index (χ1) is 16.6. The molecule has 1 aliphatic heterocycles. The number of nitrogens with zero attached hydrogens (tertiary/aromatic N) is 4. The molecule has 1 aliphatic rings. The zero-order chi connectivity index (χ0) is 23.5. The molecular weight excluding hydrogens is 428 g/mol. The van der Waals surface area contributed by atoms with E-state index in [9.17, 15) is 9.59 Å². The van der Waals surface area contributed by atoms with Gasteiger partial charge in [-0.05, 0) is 43.1 Å². The van der Waals surface area contributed by atoms with Crippen LogP contribution in [0.15, 0.2) is 67.0 Å². The number of hydrogen-bond acceptors (Lipinski definition) is 5. The van der Waals surface area contributed by atoms with Crippen LogP contribution >= 0.6 is 0 Å². The second-order valence-corrected chi connectivity index (χ2v) is 8.48. The largest absolute Gasteiger partial charge is 0.364 e.